The number of aromatic nitrogens is 2. The van der Waals surface area contributed by atoms with E-state index in [1.54, 1.807) is 26.0 Å². The summed E-state index contributed by atoms with van der Waals surface area (Å²) in [6.45, 7) is 7.77. The predicted octanol–water partition coefficient (Wildman–Crippen LogP) is 2.46. The van der Waals surface area contributed by atoms with Gasteiger partial charge < -0.3 is 41.0 Å². The van der Waals surface area contributed by atoms with E-state index in [1.807, 2.05) is 38.1 Å². The van der Waals surface area contributed by atoms with Crippen molar-refractivity contribution in [1.29, 1.82) is 0 Å². The summed E-state index contributed by atoms with van der Waals surface area (Å²) in [4.78, 5) is 59.8. The maximum atomic E-state index is 13.4. The highest BCUT2D eigenvalue weighted by Gasteiger charge is 2.21. The third kappa shape index (κ3) is 10.6. The molecule has 4 aromatic rings. The smallest absolute Gasteiger partial charge is 0.274 e. The number of anilines is 2. The summed E-state index contributed by atoms with van der Waals surface area (Å²) < 4.78 is 11.0. The Morgan fingerprint density at radius 1 is 0.661 bits per heavy atom. The lowest BCUT2D eigenvalue weighted by Crippen LogP contribution is -2.46. The Morgan fingerprint density at radius 3 is 1.39 bits per heavy atom. The van der Waals surface area contributed by atoms with Gasteiger partial charge in [-0.05, 0) is 62.1 Å². The van der Waals surface area contributed by atoms with Crippen molar-refractivity contribution in [1.82, 2.24) is 31.2 Å². The second-order valence-electron chi connectivity index (χ2n) is 12.6. The summed E-state index contributed by atoms with van der Waals surface area (Å²) in [5.41, 5.74) is 5.77. The molecule has 2 aromatic carbocycles. The maximum Gasteiger partial charge on any atom is 0.274 e. The molecule has 4 amide bonds. The molecule has 2 heterocycles. The fourth-order valence-electron chi connectivity index (χ4n) is 5.86. The van der Waals surface area contributed by atoms with E-state index in [0.717, 1.165) is 22.3 Å². The van der Waals surface area contributed by atoms with Gasteiger partial charge in [0, 0.05) is 73.2 Å². The molecule has 2 atom stereocenters. The highest BCUT2D eigenvalue weighted by Crippen LogP contribution is 2.34. The molecule has 2 unspecified atom stereocenters. The molecule has 0 saturated heterocycles. The molecule has 0 fully saturated rings. The Hall–Kier alpha value is -5.94. The zero-order valence-corrected chi connectivity index (χ0v) is 32.4. The average Bonchev–Trinajstić information content (AvgIpc) is 3.20. The molecule has 0 spiro atoms. The van der Waals surface area contributed by atoms with Crippen molar-refractivity contribution < 1.29 is 38.9 Å². The number of rotatable bonds is 19. The monoisotopic (exact) mass is 770 g/mol. The van der Waals surface area contributed by atoms with Crippen molar-refractivity contribution in [3.05, 3.63) is 94.6 Å². The molecule has 0 aliphatic heterocycles. The molecule has 0 radical (unpaired) electrons. The number of pyridine rings is 2. The zero-order valence-electron chi connectivity index (χ0n) is 32.4. The number of benzene rings is 2. The number of nitrogens with one attached hydrogen (secondary N) is 6. The van der Waals surface area contributed by atoms with E-state index in [1.165, 1.54) is 38.7 Å². The summed E-state index contributed by atoms with van der Waals surface area (Å²) in [6, 6.07) is 12.4. The van der Waals surface area contributed by atoms with E-state index < -0.39 is 37.1 Å². The van der Waals surface area contributed by atoms with E-state index in [2.05, 4.69) is 41.9 Å². The third-order valence-corrected chi connectivity index (χ3v) is 9.02. The van der Waals surface area contributed by atoms with Gasteiger partial charge >= 0.3 is 0 Å². The van der Waals surface area contributed by atoms with Crippen LogP contribution in [0.25, 0.3) is 11.1 Å². The van der Waals surface area contributed by atoms with Crippen LogP contribution in [0.2, 0.25) is 0 Å². The predicted molar refractivity (Wildman–Crippen MR) is 212 cm³/mol. The number of nitrogens with zero attached hydrogens (tertiary/aromatic N) is 2. The number of methoxy groups -OCH3 is 2. The molecule has 4 rings (SSSR count). The third-order valence-electron chi connectivity index (χ3n) is 9.02. The van der Waals surface area contributed by atoms with Crippen molar-refractivity contribution in [2.24, 2.45) is 0 Å². The van der Waals surface area contributed by atoms with Crippen molar-refractivity contribution in [2.45, 2.75) is 52.9 Å². The first kappa shape index (κ1) is 42.8. The fourth-order valence-corrected chi connectivity index (χ4v) is 5.86. The van der Waals surface area contributed by atoms with Crippen LogP contribution in [0.1, 0.15) is 57.1 Å². The maximum absolute atomic E-state index is 13.4. The van der Waals surface area contributed by atoms with Gasteiger partial charge in [0.05, 0.1) is 27.4 Å². The number of hydrogen-bond acceptors (Lipinski definition) is 12. The van der Waals surface area contributed by atoms with E-state index in [4.69, 9.17) is 9.47 Å². The lowest BCUT2D eigenvalue weighted by Gasteiger charge is -2.18. The molecule has 298 valence electrons. The molecule has 8 N–H and O–H groups in total. The number of ether oxygens (including phenoxy) is 2. The van der Waals surface area contributed by atoms with E-state index in [0.29, 0.717) is 47.1 Å². The van der Waals surface area contributed by atoms with Crippen molar-refractivity contribution >= 4 is 35.0 Å². The van der Waals surface area contributed by atoms with Crippen LogP contribution < -0.4 is 41.4 Å². The minimum Gasteiger partial charge on any atom is -0.496 e. The minimum absolute atomic E-state index is 0.113. The SMILES string of the molecule is CCNC(=O)C(CO)NCc1cnc(C(=O)Nc2cccc(-c3cccc(NC(=O)c4cc(OC)c(CNC(CO)C(=O)NCC)cn4)c3C)c2C)cc1OC. The molecule has 0 saturated carbocycles. The van der Waals surface area contributed by atoms with Crippen LogP contribution in [0.3, 0.4) is 0 Å². The lowest BCUT2D eigenvalue weighted by molar-refractivity contribution is -0.124. The van der Waals surface area contributed by atoms with Gasteiger partial charge in [0.15, 0.2) is 0 Å². The van der Waals surface area contributed by atoms with E-state index in [9.17, 15) is 29.4 Å². The Morgan fingerprint density at radius 2 is 1.05 bits per heavy atom. The van der Waals surface area contributed by atoms with Crippen molar-refractivity contribution in [2.75, 3.05) is 51.2 Å². The molecule has 0 bridgehead atoms. The molecule has 16 nitrogen and oxygen atoms in total. The number of amides is 4. The van der Waals surface area contributed by atoms with Crippen LogP contribution >= 0.6 is 0 Å². The van der Waals surface area contributed by atoms with Gasteiger partial charge in [-0.25, -0.2) is 0 Å². The lowest BCUT2D eigenvalue weighted by atomic mass is 9.94. The van der Waals surface area contributed by atoms with E-state index in [-0.39, 0.29) is 36.3 Å². The molecular formula is C40H50N8O8. The van der Waals surface area contributed by atoms with E-state index >= 15 is 0 Å². The molecule has 2 aromatic heterocycles. The van der Waals surface area contributed by atoms with Gasteiger partial charge in [-0.1, -0.05) is 24.3 Å². The van der Waals surface area contributed by atoms with Gasteiger partial charge in [0.25, 0.3) is 11.8 Å². The number of carbonyl (C=O) groups is 4. The van der Waals surface area contributed by atoms with Crippen LogP contribution in [-0.4, -0.2) is 96.4 Å². The minimum atomic E-state index is -0.818. The summed E-state index contributed by atoms with van der Waals surface area (Å²) in [6.07, 6.45) is 2.97. The van der Waals surface area contributed by atoms with Crippen molar-refractivity contribution in [3.8, 4) is 22.6 Å². The second-order valence-corrected chi connectivity index (χ2v) is 12.6. The zero-order chi connectivity index (χ0) is 40.8. The summed E-state index contributed by atoms with van der Waals surface area (Å²) in [7, 11) is 2.94. The van der Waals surface area contributed by atoms with Crippen LogP contribution in [0.5, 0.6) is 11.5 Å². The summed E-state index contributed by atoms with van der Waals surface area (Å²) >= 11 is 0. The van der Waals surface area contributed by atoms with Gasteiger partial charge in [0.1, 0.15) is 35.0 Å². The van der Waals surface area contributed by atoms with Crippen molar-refractivity contribution in [3.63, 3.8) is 0 Å². The molecule has 0 aliphatic carbocycles. The summed E-state index contributed by atoms with van der Waals surface area (Å²) in [5.74, 6) is -0.815. The largest absolute Gasteiger partial charge is 0.496 e. The number of aliphatic hydroxyl groups is 2. The summed E-state index contributed by atoms with van der Waals surface area (Å²) in [5, 5.41) is 36.4. The Bertz CT molecular complexity index is 1880. The first-order chi connectivity index (χ1) is 27.0. The van der Waals surface area contributed by atoms with Gasteiger partial charge in [0.2, 0.25) is 11.8 Å². The van der Waals surface area contributed by atoms with Crippen LogP contribution in [0, 0.1) is 13.8 Å². The Balaban J connectivity index is 1.48. The normalized spacial score (nSPS) is 11.9. The van der Waals surface area contributed by atoms with Gasteiger partial charge in [-0.3, -0.25) is 39.8 Å². The van der Waals surface area contributed by atoms with Gasteiger partial charge in [-0.15, -0.1) is 0 Å². The first-order valence-electron chi connectivity index (χ1n) is 18.1. The van der Waals surface area contributed by atoms with Crippen LogP contribution in [0.15, 0.2) is 60.9 Å². The highest BCUT2D eigenvalue weighted by molar-refractivity contribution is 6.05. The first-order valence-corrected chi connectivity index (χ1v) is 18.1. The quantitative estimate of drug-likeness (QED) is 0.0689. The molecular weight excluding hydrogens is 720 g/mol. The van der Waals surface area contributed by atoms with Crippen LogP contribution in [0.4, 0.5) is 11.4 Å². The molecule has 0 aliphatic rings. The fraction of sp³-hybridized carbons (Fsp3) is 0.350. The Labute approximate surface area is 325 Å². The molecule has 56 heavy (non-hydrogen) atoms. The second kappa shape index (κ2) is 20.7. The van der Waals surface area contributed by atoms with Gasteiger partial charge in [-0.2, -0.15) is 0 Å². The highest BCUT2D eigenvalue weighted by atomic mass is 16.5. The number of hydrogen-bond donors (Lipinski definition) is 8. The topological polar surface area (TPSA) is 225 Å². The van der Waals surface area contributed by atoms with Crippen LogP contribution in [-0.2, 0) is 22.7 Å². The standard InChI is InChI=1S/C40H50N8O8/c1-7-41-37(51)33(21-49)45-19-25-17-43-31(15-35(25)55-5)39(53)47-29-13-9-11-27(23(29)3)28-12-10-14-30(24(28)4)48-40(54)32-16-36(56-6)26(18-44-32)20-46-34(22-50)38(52)42-8-2/h9-18,33-34,45-46,49-50H,7-8,19-22H2,1-6H3,(H,41,51)(H,42,52)(H,47,53)(H,48,54). The number of aliphatic hydroxyl groups excluding tert-OH is 2. The number of carbonyl (C=O) groups excluding carboxylic acids is 4. The number of likely N-dealkylation sites (N-methyl/N-ethyl adjacent to an activating group) is 2. The average molecular weight is 771 g/mol. The molecule has 16 heteroatoms. The Kier molecular flexibility index (Phi) is 15.8.